The van der Waals surface area contributed by atoms with Gasteiger partial charge in [-0.15, -0.1) is 0 Å². The number of aliphatic carboxylic acids is 2. The second kappa shape index (κ2) is 10.3. The van der Waals surface area contributed by atoms with Gasteiger partial charge in [0.05, 0.1) is 12.1 Å². The van der Waals surface area contributed by atoms with Crippen molar-refractivity contribution >= 4 is 34.4 Å². The van der Waals surface area contributed by atoms with Crippen LogP contribution in [0.3, 0.4) is 0 Å². The van der Waals surface area contributed by atoms with Gasteiger partial charge in [-0.3, -0.25) is 24.2 Å². The number of carboxylic acids is 2. The van der Waals surface area contributed by atoms with Gasteiger partial charge in [0.1, 0.15) is 11.8 Å². The van der Waals surface area contributed by atoms with Gasteiger partial charge < -0.3 is 25.0 Å². The number of hydrogen-bond donors (Lipinski definition) is 4. The van der Waals surface area contributed by atoms with Crippen LogP contribution >= 0.6 is 0 Å². The average molecular weight is 484 g/mol. The van der Waals surface area contributed by atoms with E-state index in [1.807, 2.05) is 18.7 Å². The molecule has 1 amide bonds. The Bertz CT molecular complexity index is 1220. The third-order valence-corrected chi connectivity index (χ3v) is 6.43. The molecule has 0 radical (unpaired) electrons. The van der Waals surface area contributed by atoms with E-state index in [2.05, 4.69) is 20.4 Å². The highest BCUT2D eigenvalue weighted by atomic mass is 16.5. The zero-order valence-corrected chi connectivity index (χ0v) is 19.7. The van der Waals surface area contributed by atoms with E-state index in [1.165, 1.54) is 0 Å². The highest BCUT2D eigenvalue weighted by molar-refractivity contribution is 5.96. The van der Waals surface area contributed by atoms with Crippen LogP contribution in [-0.2, 0) is 20.9 Å². The maximum Gasteiger partial charge on any atom is 0.325 e. The van der Waals surface area contributed by atoms with Gasteiger partial charge in [-0.25, -0.2) is 0 Å². The molecule has 11 nitrogen and oxygen atoms in total. The maximum atomic E-state index is 12.3. The number of aryl methyl sites for hydroxylation is 2. The second-order valence-corrected chi connectivity index (χ2v) is 8.80. The Morgan fingerprint density at radius 2 is 1.89 bits per heavy atom. The molecule has 4 N–H and O–H groups in total. The molecule has 3 heterocycles. The molecule has 35 heavy (non-hydrogen) atoms. The summed E-state index contributed by atoms with van der Waals surface area (Å²) in [4.78, 5) is 42.3. The molecule has 1 saturated heterocycles. The molecule has 1 atom stereocenters. The number of carbonyl (C=O) groups is 3. The van der Waals surface area contributed by atoms with E-state index in [0.29, 0.717) is 29.9 Å². The smallest absolute Gasteiger partial charge is 0.325 e. The van der Waals surface area contributed by atoms with Crippen molar-refractivity contribution in [3.05, 3.63) is 47.0 Å². The fraction of sp³-hybridized carbons (Fsp3) is 0.417. The van der Waals surface area contributed by atoms with Crippen LogP contribution in [0.1, 0.15) is 41.5 Å². The summed E-state index contributed by atoms with van der Waals surface area (Å²) in [5.41, 5.74) is 3.83. The van der Waals surface area contributed by atoms with Crippen molar-refractivity contribution in [2.75, 3.05) is 31.5 Å². The van der Waals surface area contributed by atoms with Gasteiger partial charge in [0.25, 0.3) is 0 Å². The van der Waals surface area contributed by atoms with E-state index in [-0.39, 0.29) is 12.8 Å². The fourth-order valence-corrected chi connectivity index (χ4v) is 4.51. The number of piperazine rings is 1. The molecular formula is C24H29N5O6. The standard InChI is InChI=1S/C24H29N5O6/c1-14-19(15(2)35-27-14)13-28-7-9-29(10-8-28)23(24(33)34)18-12-25-20-11-16(3-4-17(18)20)26-21(30)5-6-22(31)32/h3-4,11-12,23,25H,5-10,13H2,1-2H3,(H,26,30)(H,31,32)(H,33,34). The van der Waals surface area contributed by atoms with Gasteiger partial charge in [-0.2, -0.15) is 0 Å². The molecule has 1 aliphatic heterocycles. The van der Waals surface area contributed by atoms with E-state index >= 15 is 0 Å². The number of H-pyrrole nitrogens is 1. The number of amides is 1. The number of benzene rings is 1. The monoisotopic (exact) mass is 483 g/mol. The lowest BCUT2D eigenvalue weighted by Gasteiger charge is -2.37. The normalized spacial score (nSPS) is 15.8. The fourth-order valence-electron chi connectivity index (χ4n) is 4.51. The second-order valence-electron chi connectivity index (χ2n) is 8.80. The minimum Gasteiger partial charge on any atom is -0.481 e. The van der Waals surface area contributed by atoms with E-state index < -0.39 is 23.9 Å². The highest BCUT2D eigenvalue weighted by Crippen LogP contribution is 2.31. The molecule has 186 valence electrons. The highest BCUT2D eigenvalue weighted by Gasteiger charge is 2.32. The van der Waals surface area contributed by atoms with Crippen molar-refractivity contribution in [2.24, 2.45) is 0 Å². The van der Waals surface area contributed by atoms with Gasteiger partial charge in [-0.05, 0) is 26.0 Å². The number of rotatable bonds is 9. The summed E-state index contributed by atoms with van der Waals surface area (Å²) in [5, 5.41) is 26.3. The predicted molar refractivity (Wildman–Crippen MR) is 127 cm³/mol. The van der Waals surface area contributed by atoms with Crippen molar-refractivity contribution in [1.82, 2.24) is 19.9 Å². The molecular weight excluding hydrogens is 454 g/mol. The summed E-state index contributed by atoms with van der Waals surface area (Å²) in [6.45, 7) is 7.20. The molecule has 0 aliphatic carbocycles. The zero-order valence-electron chi connectivity index (χ0n) is 19.7. The van der Waals surface area contributed by atoms with Crippen LogP contribution in [0, 0.1) is 13.8 Å². The number of anilines is 1. The summed E-state index contributed by atoms with van der Waals surface area (Å²) < 4.78 is 5.25. The van der Waals surface area contributed by atoms with Crippen molar-refractivity contribution in [2.45, 2.75) is 39.3 Å². The Hall–Kier alpha value is -3.70. The first-order valence-corrected chi connectivity index (χ1v) is 11.5. The number of carbonyl (C=O) groups excluding carboxylic acids is 1. The summed E-state index contributed by atoms with van der Waals surface area (Å²) in [5.74, 6) is -1.54. The average Bonchev–Trinajstić information content (AvgIpc) is 3.36. The van der Waals surface area contributed by atoms with Crippen LogP contribution in [-0.4, -0.2) is 74.2 Å². The summed E-state index contributed by atoms with van der Waals surface area (Å²) in [6, 6.07) is 4.38. The molecule has 0 spiro atoms. The molecule has 3 aromatic rings. The lowest BCUT2D eigenvalue weighted by Crippen LogP contribution is -2.48. The third kappa shape index (κ3) is 5.52. The van der Waals surface area contributed by atoms with E-state index in [4.69, 9.17) is 9.63 Å². The van der Waals surface area contributed by atoms with Gasteiger partial charge in [0, 0.05) is 73.1 Å². The van der Waals surface area contributed by atoms with Crippen molar-refractivity contribution in [1.29, 1.82) is 0 Å². The van der Waals surface area contributed by atoms with Crippen LogP contribution in [0.4, 0.5) is 5.69 Å². The number of fused-ring (bicyclic) bond motifs is 1. The number of aromatic amines is 1. The Balaban J connectivity index is 1.45. The number of hydrogen-bond acceptors (Lipinski definition) is 7. The van der Waals surface area contributed by atoms with Crippen molar-refractivity contribution in [3.8, 4) is 0 Å². The molecule has 1 aliphatic rings. The summed E-state index contributed by atoms with van der Waals surface area (Å²) >= 11 is 0. The Kier molecular flexibility index (Phi) is 7.17. The topological polar surface area (TPSA) is 152 Å². The SMILES string of the molecule is Cc1noc(C)c1CN1CCN(C(C(=O)O)c2c[nH]c3cc(NC(=O)CCC(=O)O)ccc23)CC1. The van der Waals surface area contributed by atoms with Crippen LogP contribution < -0.4 is 5.32 Å². The number of nitrogens with one attached hydrogen (secondary N) is 2. The third-order valence-electron chi connectivity index (χ3n) is 6.43. The predicted octanol–water partition coefficient (Wildman–Crippen LogP) is 2.52. The van der Waals surface area contributed by atoms with Crippen LogP contribution in [0.2, 0.25) is 0 Å². The lowest BCUT2D eigenvalue weighted by atomic mass is 10.0. The Labute approximate surface area is 201 Å². The molecule has 1 unspecified atom stereocenters. The number of nitrogens with zero attached hydrogens (tertiary/aromatic N) is 3. The van der Waals surface area contributed by atoms with Gasteiger partial charge in [0.15, 0.2) is 0 Å². The molecule has 1 aromatic carbocycles. The first-order chi connectivity index (χ1) is 16.7. The molecule has 2 aromatic heterocycles. The van der Waals surface area contributed by atoms with E-state index in [1.54, 1.807) is 24.4 Å². The van der Waals surface area contributed by atoms with Crippen molar-refractivity contribution < 1.29 is 29.1 Å². The van der Waals surface area contributed by atoms with E-state index in [9.17, 15) is 19.5 Å². The minimum atomic E-state index is -1.03. The molecule has 4 rings (SSSR count). The Morgan fingerprint density at radius 3 is 2.51 bits per heavy atom. The zero-order chi connectivity index (χ0) is 25.1. The largest absolute Gasteiger partial charge is 0.481 e. The number of carboxylic acid groups (broad SMARTS) is 2. The first kappa shape index (κ1) is 24.4. The lowest BCUT2D eigenvalue weighted by molar-refractivity contribution is -0.144. The quantitative estimate of drug-likeness (QED) is 0.360. The van der Waals surface area contributed by atoms with Gasteiger partial charge >= 0.3 is 11.9 Å². The maximum absolute atomic E-state index is 12.3. The summed E-state index contributed by atoms with van der Waals surface area (Å²) in [7, 11) is 0. The van der Waals surface area contributed by atoms with Crippen LogP contribution in [0.5, 0.6) is 0 Å². The van der Waals surface area contributed by atoms with Gasteiger partial charge in [0.2, 0.25) is 5.91 Å². The Morgan fingerprint density at radius 1 is 1.14 bits per heavy atom. The molecule has 1 fully saturated rings. The van der Waals surface area contributed by atoms with Crippen LogP contribution in [0.25, 0.3) is 10.9 Å². The molecule has 11 heteroatoms. The van der Waals surface area contributed by atoms with Crippen LogP contribution in [0.15, 0.2) is 28.9 Å². The molecule has 0 bridgehead atoms. The number of aromatic nitrogens is 2. The van der Waals surface area contributed by atoms with Crippen molar-refractivity contribution in [3.63, 3.8) is 0 Å². The molecule has 0 saturated carbocycles. The minimum absolute atomic E-state index is 0.118. The summed E-state index contributed by atoms with van der Waals surface area (Å²) in [6.07, 6.45) is 1.34. The van der Waals surface area contributed by atoms with E-state index in [0.717, 1.165) is 42.0 Å². The van der Waals surface area contributed by atoms with Gasteiger partial charge in [-0.1, -0.05) is 11.2 Å². The first-order valence-electron chi connectivity index (χ1n) is 11.5.